The Balaban J connectivity index is 1.40. The van der Waals surface area contributed by atoms with E-state index in [4.69, 9.17) is 10.5 Å². The Morgan fingerprint density at radius 3 is 2.52 bits per heavy atom. The minimum absolute atomic E-state index is 0.0685. The molecule has 0 radical (unpaired) electrons. The maximum Gasteiger partial charge on any atom is 0.255 e. The highest BCUT2D eigenvalue weighted by Gasteiger charge is 2.24. The van der Waals surface area contributed by atoms with Crippen LogP contribution in [0.5, 0.6) is 0 Å². The molecule has 1 heterocycles. The molecule has 33 heavy (non-hydrogen) atoms. The van der Waals surface area contributed by atoms with E-state index in [-0.39, 0.29) is 24.5 Å². The van der Waals surface area contributed by atoms with Crippen LogP contribution in [0.15, 0.2) is 72.8 Å². The van der Waals surface area contributed by atoms with E-state index in [1.54, 1.807) is 18.2 Å². The molecule has 0 spiro atoms. The van der Waals surface area contributed by atoms with Crippen LogP contribution in [-0.4, -0.2) is 44.7 Å². The molecule has 0 unspecified atom stereocenters. The van der Waals surface area contributed by atoms with Crippen LogP contribution in [0.4, 0.5) is 17.1 Å². The summed E-state index contributed by atoms with van der Waals surface area (Å²) in [6.07, 6.45) is 0.870. The molecule has 0 aliphatic carbocycles. The van der Waals surface area contributed by atoms with Gasteiger partial charge in [-0.05, 0) is 53.9 Å². The van der Waals surface area contributed by atoms with E-state index >= 15 is 0 Å². The van der Waals surface area contributed by atoms with Crippen molar-refractivity contribution < 1.29 is 14.3 Å². The number of hydrogen-bond donors (Lipinski definition) is 3. The lowest BCUT2D eigenvalue weighted by Crippen LogP contribution is -2.38. The normalized spacial score (nSPS) is 15.3. The Bertz CT molecular complexity index is 1120. The summed E-state index contributed by atoms with van der Waals surface area (Å²) < 4.78 is 4.87. The van der Waals surface area contributed by atoms with Gasteiger partial charge in [0.15, 0.2) is 0 Å². The number of nitrogens with two attached hydrogens (primary N) is 1. The third-order valence-corrected chi connectivity index (χ3v) is 5.73. The van der Waals surface area contributed by atoms with Crippen LogP contribution in [0.1, 0.15) is 16.8 Å². The van der Waals surface area contributed by atoms with E-state index in [2.05, 4.69) is 15.5 Å². The molecule has 4 N–H and O–H groups in total. The second-order valence-corrected chi connectivity index (χ2v) is 8.10. The zero-order valence-electron chi connectivity index (χ0n) is 18.6. The largest absolute Gasteiger partial charge is 0.397 e. The number of rotatable bonds is 7. The molecular weight excluding hydrogens is 416 g/mol. The van der Waals surface area contributed by atoms with Gasteiger partial charge in [0.05, 0.1) is 11.4 Å². The van der Waals surface area contributed by atoms with E-state index in [0.717, 1.165) is 36.3 Å². The molecule has 3 aromatic carbocycles. The quantitative estimate of drug-likeness (QED) is 0.485. The van der Waals surface area contributed by atoms with Crippen LogP contribution in [-0.2, 0) is 9.53 Å². The smallest absolute Gasteiger partial charge is 0.255 e. The molecule has 2 amide bonds. The zero-order valence-corrected chi connectivity index (χ0v) is 18.6. The third kappa shape index (κ3) is 5.51. The van der Waals surface area contributed by atoms with Gasteiger partial charge < -0.3 is 26.0 Å². The first kappa shape index (κ1) is 22.4. The molecule has 4 rings (SSSR count). The Kier molecular flexibility index (Phi) is 6.90. The number of nitrogens with zero attached hydrogens (tertiary/aromatic N) is 1. The first-order valence-corrected chi connectivity index (χ1v) is 10.9. The second-order valence-electron chi connectivity index (χ2n) is 8.10. The number of amides is 2. The van der Waals surface area contributed by atoms with Crippen LogP contribution < -0.4 is 21.3 Å². The Morgan fingerprint density at radius 1 is 1.03 bits per heavy atom. The maximum atomic E-state index is 12.8. The van der Waals surface area contributed by atoms with Gasteiger partial charge in [0.1, 0.15) is 6.61 Å². The highest BCUT2D eigenvalue weighted by Crippen LogP contribution is 2.28. The van der Waals surface area contributed by atoms with Crippen molar-refractivity contribution in [3.8, 4) is 11.1 Å². The van der Waals surface area contributed by atoms with Gasteiger partial charge in [-0.1, -0.05) is 36.4 Å². The fourth-order valence-corrected chi connectivity index (χ4v) is 4.01. The van der Waals surface area contributed by atoms with Crippen molar-refractivity contribution in [3.63, 3.8) is 0 Å². The predicted molar refractivity (Wildman–Crippen MR) is 131 cm³/mol. The van der Waals surface area contributed by atoms with Gasteiger partial charge >= 0.3 is 0 Å². The number of ether oxygens (including phenoxy) is 1. The maximum absolute atomic E-state index is 12.8. The summed E-state index contributed by atoms with van der Waals surface area (Å²) in [5, 5.41) is 5.91. The zero-order chi connectivity index (χ0) is 23.2. The highest BCUT2D eigenvalue weighted by atomic mass is 16.5. The van der Waals surface area contributed by atoms with Crippen LogP contribution in [0.3, 0.4) is 0 Å². The predicted octanol–water partition coefficient (Wildman–Crippen LogP) is 3.53. The van der Waals surface area contributed by atoms with Crippen LogP contribution in [0.25, 0.3) is 11.1 Å². The third-order valence-electron chi connectivity index (χ3n) is 5.73. The summed E-state index contributed by atoms with van der Waals surface area (Å²) in [4.78, 5) is 26.8. The van der Waals surface area contributed by atoms with Crippen molar-refractivity contribution in [1.82, 2.24) is 5.32 Å². The molecular formula is C26H28N4O3. The number of carbonyl (C=O) groups excluding carboxylic acids is 2. The number of carbonyl (C=O) groups is 2. The van der Waals surface area contributed by atoms with Gasteiger partial charge in [0.25, 0.3) is 5.91 Å². The Hall–Kier alpha value is -3.84. The molecule has 1 atom stereocenters. The fourth-order valence-electron chi connectivity index (χ4n) is 4.01. The van der Waals surface area contributed by atoms with Crippen molar-refractivity contribution in [2.45, 2.75) is 12.5 Å². The van der Waals surface area contributed by atoms with Crippen molar-refractivity contribution >= 4 is 28.9 Å². The van der Waals surface area contributed by atoms with Crippen molar-refractivity contribution in [2.24, 2.45) is 0 Å². The lowest BCUT2D eigenvalue weighted by molar-refractivity contribution is -0.125. The monoisotopic (exact) mass is 444 g/mol. The molecule has 1 fully saturated rings. The Morgan fingerprint density at radius 2 is 1.79 bits per heavy atom. The summed E-state index contributed by atoms with van der Waals surface area (Å²) in [7, 11) is 1.51. The van der Waals surface area contributed by atoms with Gasteiger partial charge in [0.2, 0.25) is 5.91 Å². The molecule has 3 aromatic rings. The molecule has 0 bridgehead atoms. The number of benzene rings is 3. The average Bonchev–Trinajstić information content (AvgIpc) is 3.29. The van der Waals surface area contributed by atoms with Crippen molar-refractivity contribution in [1.29, 1.82) is 0 Å². The van der Waals surface area contributed by atoms with Gasteiger partial charge in [-0.3, -0.25) is 9.59 Å². The molecule has 170 valence electrons. The Labute approximate surface area is 193 Å². The molecule has 1 aliphatic heterocycles. The molecule has 7 heteroatoms. The highest BCUT2D eigenvalue weighted by molar-refractivity contribution is 6.06. The van der Waals surface area contributed by atoms with Gasteiger partial charge in [-0.15, -0.1) is 0 Å². The number of anilines is 3. The van der Waals surface area contributed by atoms with Crippen molar-refractivity contribution in [2.75, 3.05) is 42.8 Å². The summed E-state index contributed by atoms with van der Waals surface area (Å²) in [5.74, 6) is -0.323. The van der Waals surface area contributed by atoms with Crippen LogP contribution in [0, 0.1) is 0 Å². The summed E-state index contributed by atoms with van der Waals surface area (Å²) >= 11 is 0. The number of nitrogen functional groups attached to an aromatic ring is 1. The molecule has 0 aromatic heterocycles. The lowest BCUT2D eigenvalue weighted by Gasteiger charge is -2.19. The van der Waals surface area contributed by atoms with Crippen LogP contribution >= 0.6 is 0 Å². The molecule has 0 saturated carbocycles. The average molecular weight is 445 g/mol. The topological polar surface area (TPSA) is 96.7 Å². The first-order valence-electron chi connectivity index (χ1n) is 10.9. The number of nitrogens with one attached hydrogen (secondary N) is 2. The minimum atomic E-state index is -0.218. The summed E-state index contributed by atoms with van der Waals surface area (Å²) in [6, 6.07) is 23.1. The van der Waals surface area contributed by atoms with E-state index in [9.17, 15) is 9.59 Å². The number of hydrogen-bond acceptors (Lipinski definition) is 5. The fraction of sp³-hybridized carbons (Fsp3) is 0.231. The van der Waals surface area contributed by atoms with E-state index in [1.807, 2.05) is 54.6 Å². The molecule has 7 nitrogen and oxygen atoms in total. The summed E-state index contributed by atoms with van der Waals surface area (Å²) in [5.41, 5.74) is 10.8. The van der Waals surface area contributed by atoms with Gasteiger partial charge in [-0.25, -0.2) is 0 Å². The second kappa shape index (κ2) is 10.2. The van der Waals surface area contributed by atoms with Crippen LogP contribution in [0.2, 0.25) is 0 Å². The van der Waals surface area contributed by atoms with E-state index < -0.39 is 0 Å². The number of methoxy groups -OCH3 is 1. The molecule has 1 saturated heterocycles. The van der Waals surface area contributed by atoms with Gasteiger partial charge in [-0.2, -0.15) is 0 Å². The summed E-state index contributed by atoms with van der Waals surface area (Å²) in [6.45, 7) is 1.63. The van der Waals surface area contributed by atoms with E-state index in [0.29, 0.717) is 16.9 Å². The first-order chi connectivity index (χ1) is 16.0. The van der Waals surface area contributed by atoms with Gasteiger partial charge in [0, 0.05) is 37.5 Å². The van der Waals surface area contributed by atoms with Crippen molar-refractivity contribution in [3.05, 3.63) is 78.4 Å². The standard InChI is InChI=1S/C26H28N4O3/c1-33-17-25(31)28-21-13-14-30(16-21)22-10-7-19(8-11-22)26(32)29-24-15-20(9-12-23(24)27)18-5-3-2-4-6-18/h2-12,15,21H,13-14,16-17,27H2,1H3,(H,28,31)(H,29,32)/t21-/m0/s1. The van der Waals surface area contributed by atoms with E-state index in [1.165, 1.54) is 7.11 Å². The lowest BCUT2D eigenvalue weighted by atomic mass is 10.0. The SMILES string of the molecule is COCC(=O)N[C@H]1CCN(c2ccc(C(=O)Nc3cc(-c4ccccc4)ccc3N)cc2)C1. The minimum Gasteiger partial charge on any atom is -0.397 e. The molecule has 1 aliphatic rings.